The molecule has 100 valence electrons. The van der Waals surface area contributed by atoms with Crippen molar-refractivity contribution in [2.75, 3.05) is 13.6 Å². The third kappa shape index (κ3) is 4.26. The number of aliphatic hydroxyl groups excluding tert-OH is 1. The Bertz CT molecular complexity index is 205. The molecule has 2 aliphatic rings. The van der Waals surface area contributed by atoms with Crippen LogP contribution >= 0.6 is 0 Å². The van der Waals surface area contributed by atoms with Gasteiger partial charge in [0.05, 0.1) is 6.10 Å². The molecule has 0 amide bonds. The highest BCUT2D eigenvalue weighted by molar-refractivity contribution is 4.78. The molecule has 2 nitrogen and oxygen atoms in total. The third-order valence-corrected chi connectivity index (χ3v) is 4.90. The molecule has 0 saturated heterocycles. The molecule has 0 radical (unpaired) electrons. The fourth-order valence-electron chi connectivity index (χ4n) is 3.54. The maximum Gasteiger partial charge on any atom is 0.0541 e. The monoisotopic (exact) mass is 239 g/mol. The molecule has 0 aliphatic heterocycles. The highest BCUT2D eigenvalue weighted by Crippen LogP contribution is 2.28. The van der Waals surface area contributed by atoms with Crippen LogP contribution in [0.3, 0.4) is 0 Å². The molecule has 0 spiro atoms. The van der Waals surface area contributed by atoms with E-state index in [9.17, 15) is 5.11 Å². The Morgan fingerprint density at radius 1 is 0.941 bits per heavy atom. The molecule has 0 aromatic rings. The topological polar surface area (TPSA) is 23.5 Å². The lowest BCUT2D eigenvalue weighted by Crippen LogP contribution is -2.37. The number of nitrogens with zero attached hydrogens (tertiary/aromatic N) is 1. The van der Waals surface area contributed by atoms with E-state index in [1.807, 2.05) is 0 Å². The Morgan fingerprint density at radius 2 is 1.59 bits per heavy atom. The molecule has 17 heavy (non-hydrogen) atoms. The highest BCUT2D eigenvalue weighted by atomic mass is 16.3. The van der Waals surface area contributed by atoms with E-state index >= 15 is 0 Å². The van der Waals surface area contributed by atoms with E-state index in [0.29, 0.717) is 0 Å². The van der Waals surface area contributed by atoms with Crippen LogP contribution in [0.4, 0.5) is 0 Å². The Kier molecular flexibility index (Phi) is 5.30. The smallest absolute Gasteiger partial charge is 0.0541 e. The Morgan fingerprint density at radius 3 is 2.24 bits per heavy atom. The number of aliphatic hydroxyl groups is 1. The van der Waals surface area contributed by atoms with E-state index in [4.69, 9.17) is 0 Å². The van der Waals surface area contributed by atoms with Crippen LogP contribution in [0.15, 0.2) is 0 Å². The van der Waals surface area contributed by atoms with Gasteiger partial charge in [-0.2, -0.15) is 0 Å². The van der Waals surface area contributed by atoms with Crippen molar-refractivity contribution in [2.45, 2.75) is 76.4 Å². The van der Waals surface area contributed by atoms with Gasteiger partial charge < -0.3 is 10.0 Å². The van der Waals surface area contributed by atoms with Gasteiger partial charge in [0.1, 0.15) is 0 Å². The summed E-state index contributed by atoms with van der Waals surface area (Å²) in [5, 5.41) is 9.52. The first-order valence-electron chi connectivity index (χ1n) is 7.64. The van der Waals surface area contributed by atoms with Gasteiger partial charge in [-0.3, -0.25) is 0 Å². The molecule has 0 unspecified atom stereocenters. The summed E-state index contributed by atoms with van der Waals surface area (Å²) in [6, 6.07) is 0.738. The van der Waals surface area contributed by atoms with Crippen molar-refractivity contribution >= 4 is 0 Å². The van der Waals surface area contributed by atoms with Crippen LogP contribution in [0.2, 0.25) is 0 Å². The van der Waals surface area contributed by atoms with E-state index in [2.05, 4.69) is 11.9 Å². The van der Waals surface area contributed by atoms with Crippen LogP contribution in [0.1, 0.15) is 64.2 Å². The van der Waals surface area contributed by atoms with Crippen LogP contribution in [-0.4, -0.2) is 35.7 Å². The van der Waals surface area contributed by atoms with Crippen molar-refractivity contribution < 1.29 is 5.11 Å². The normalized spacial score (nSPS) is 31.9. The van der Waals surface area contributed by atoms with Gasteiger partial charge in [0, 0.05) is 6.04 Å². The van der Waals surface area contributed by atoms with Gasteiger partial charge in [0.25, 0.3) is 0 Å². The van der Waals surface area contributed by atoms with Crippen molar-refractivity contribution in [3.8, 4) is 0 Å². The second-order valence-electron chi connectivity index (χ2n) is 6.24. The second kappa shape index (κ2) is 6.75. The van der Waals surface area contributed by atoms with Crippen LogP contribution in [-0.2, 0) is 0 Å². The van der Waals surface area contributed by atoms with Crippen LogP contribution in [0.25, 0.3) is 0 Å². The Hall–Kier alpha value is -0.0800. The lowest BCUT2D eigenvalue weighted by atomic mass is 9.86. The quantitative estimate of drug-likeness (QED) is 0.814. The SMILES string of the molecule is CN(CCC1CCCCC1)C1CCC(O)CC1. The third-order valence-electron chi connectivity index (χ3n) is 4.90. The van der Waals surface area contributed by atoms with Gasteiger partial charge in [0.15, 0.2) is 0 Å². The molecule has 1 N–H and O–H groups in total. The first kappa shape index (κ1) is 13.4. The largest absolute Gasteiger partial charge is 0.393 e. The summed E-state index contributed by atoms with van der Waals surface area (Å²) in [4.78, 5) is 2.56. The fraction of sp³-hybridized carbons (Fsp3) is 1.00. The Labute approximate surface area is 106 Å². The minimum atomic E-state index is -0.0157. The predicted molar refractivity (Wildman–Crippen MR) is 72.1 cm³/mol. The summed E-state index contributed by atoms with van der Waals surface area (Å²) >= 11 is 0. The minimum Gasteiger partial charge on any atom is -0.393 e. The minimum absolute atomic E-state index is 0.0157. The van der Waals surface area contributed by atoms with Gasteiger partial charge >= 0.3 is 0 Å². The molecule has 2 heteroatoms. The summed E-state index contributed by atoms with van der Waals surface area (Å²) in [6.45, 7) is 1.27. The molecule has 2 fully saturated rings. The van der Waals surface area contributed by atoms with E-state index < -0.39 is 0 Å². The number of rotatable bonds is 4. The first-order valence-corrected chi connectivity index (χ1v) is 7.64. The van der Waals surface area contributed by atoms with Gasteiger partial charge in [-0.1, -0.05) is 32.1 Å². The molecule has 0 heterocycles. The van der Waals surface area contributed by atoms with Crippen LogP contribution in [0.5, 0.6) is 0 Å². The van der Waals surface area contributed by atoms with Crippen molar-refractivity contribution in [2.24, 2.45) is 5.92 Å². The van der Waals surface area contributed by atoms with Crippen molar-refractivity contribution in [1.29, 1.82) is 0 Å². The zero-order valence-corrected chi connectivity index (χ0v) is 11.4. The molecule has 0 bridgehead atoms. The van der Waals surface area contributed by atoms with Gasteiger partial charge in [0.2, 0.25) is 0 Å². The molecule has 0 aromatic heterocycles. The second-order valence-corrected chi connectivity index (χ2v) is 6.24. The lowest BCUT2D eigenvalue weighted by molar-refractivity contribution is 0.0812. The summed E-state index contributed by atoms with van der Waals surface area (Å²) in [5.74, 6) is 1.00. The van der Waals surface area contributed by atoms with Crippen LogP contribution in [0, 0.1) is 5.92 Å². The molecule has 2 saturated carbocycles. The Balaban J connectivity index is 1.64. The first-order chi connectivity index (χ1) is 8.25. The van der Waals surface area contributed by atoms with Crippen molar-refractivity contribution in [3.05, 3.63) is 0 Å². The van der Waals surface area contributed by atoms with E-state index in [0.717, 1.165) is 24.8 Å². The summed E-state index contributed by atoms with van der Waals surface area (Å²) in [6.07, 6.45) is 13.1. The highest BCUT2D eigenvalue weighted by Gasteiger charge is 2.23. The summed E-state index contributed by atoms with van der Waals surface area (Å²) in [5.41, 5.74) is 0. The van der Waals surface area contributed by atoms with Gasteiger partial charge in [-0.25, -0.2) is 0 Å². The average molecular weight is 239 g/mol. The van der Waals surface area contributed by atoms with E-state index in [1.165, 1.54) is 57.9 Å². The maximum absolute atomic E-state index is 9.52. The van der Waals surface area contributed by atoms with Crippen molar-refractivity contribution in [1.82, 2.24) is 4.90 Å². The lowest BCUT2D eigenvalue weighted by Gasteiger charge is -2.34. The summed E-state index contributed by atoms with van der Waals surface area (Å²) in [7, 11) is 2.28. The van der Waals surface area contributed by atoms with Gasteiger partial charge in [-0.15, -0.1) is 0 Å². The predicted octanol–water partition coefficient (Wildman–Crippen LogP) is 3.19. The zero-order valence-electron chi connectivity index (χ0n) is 11.4. The average Bonchev–Trinajstić information content (AvgIpc) is 2.38. The summed E-state index contributed by atoms with van der Waals surface area (Å²) < 4.78 is 0. The van der Waals surface area contributed by atoms with E-state index in [-0.39, 0.29) is 6.10 Å². The molecular weight excluding hydrogens is 210 g/mol. The molecule has 2 rings (SSSR count). The maximum atomic E-state index is 9.52. The zero-order chi connectivity index (χ0) is 12.1. The molecule has 0 atom stereocenters. The van der Waals surface area contributed by atoms with E-state index in [1.54, 1.807) is 0 Å². The van der Waals surface area contributed by atoms with Crippen molar-refractivity contribution in [3.63, 3.8) is 0 Å². The molecular formula is C15H29NO. The number of hydrogen-bond donors (Lipinski definition) is 1. The fourth-order valence-corrected chi connectivity index (χ4v) is 3.54. The number of hydrogen-bond acceptors (Lipinski definition) is 2. The van der Waals surface area contributed by atoms with Gasteiger partial charge in [-0.05, 0) is 51.6 Å². The van der Waals surface area contributed by atoms with Crippen LogP contribution < -0.4 is 0 Å². The molecule has 0 aromatic carbocycles. The standard InChI is InChI=1S/C15H29NO/c1-16(14-7-9-15(17)10-8-14)12-11-13-5-3-2-4-6-13/h13-15,17H,2-12H2,1H3. The molecule has 2 aliphatic carbocycles.